The molecule has 0 bridgehead atoms. The minimum absolute atomic E-state index is 0.163. The monoisotopic (exact) mass is 533 g/mol. The van der Waals surface area contributed by atoms with Gasteiger partial charge in [-0.2, -0.15) is 13.6 Å². The molecule has 0 amide bonds. The van der Waals surface area contributed by atoms with Crippen LogP contribution in [-0.4, -0.2) is 59.0 Å². The van der Waals surface area contributed by atoms with E-state index in [2.05, 4.69) is 18.1 Å². The van der Waals surface area contributed by atoms with E-state index in [1.165, 1.54) is 0 Å². The second kappa shape index (κ2) is 10.9. The molecule has 6 unspecified atom stereocenters. The molecule has 0 fully saturated rings. The molecular formula is C11H20F2N3O13P3. The van der Waals surface area contributed by atoms with Crippen molar-refractivity contribution in [3.63, 3.8) is 0 Å². The van der Waals surface area contributed by atoms with Gasteiger partial charge in [0.2, 0.25) is 0 Å². The smallest absolute Gasteiger partial charge is 0.384 e. The van der Waals surface area contributed by atoms with Crippen LogP contribution in [0.15, 0.2) is 17.1 Å². The lowest BCUT2D eigenvalue weighted by Crippen LogP contribution is -2.45. The summed E-state index contributed by atoms with van der Waals surface area (Å²) >= 11 is 0. The van der Waals surface area contributed by atoms with Crippen molar-refractivity contribution in [3.8, 4) is 0 Å². The molecule has 0 aliphatic rings. The summed E-state index contributed by atoms with van der Waals surface area (Å²) in [5, 5.41) is 9.73. The van der Waals surface area contributed by atoms with Crippen molar-refractivity contribution in [1.29, 1.82) is 0 Å². The lowest BCUT2D eigenvalue weighted by molar-refractivity contribution is -0.170. The Hall–Kier alpha value is -1.13. The second-order valence-corrected chi connectivity index (χ2v) is 10.3. The van der Waals surface area contributed by atoms with Gasteiger partial charge in [-0.15, -0.1) is 0 Å². The number of aliphatic hydroxyl groups excluding tert-OH is 1. The average molecular weight is 533 g/mol. The van der Waals surface area contributed by atoms with Crippen molar-refractivity contribution in [3.05, 3.63) is 22.7 Å². The van der Waals surface area contributed by atoms with Crippen LogP contribution in [0.5, 0.6) is 0 Å². The molecule has 0 aliphatic heterocycles. The van der Waals surface area contributed by atoms with Crippen LogP contribution in [-0.2, 0) is 31.6 Å². The first-order chi connectivity index (χ1) is 14.3. The third-order valence-corrected chi connectivity index (χ3v) is 7.30. The van der Waals surface area contributed by atoms with E-state index in [-0.39, 0.29) is 5.82 Å². The number of rotatable bonds is 12. The number of hydrogen-bond acceptors (Lipinski definition) is 11. The van der Waals surface area contributed by atoms with Gasteiger partial charge in [-0.05, 0) is 19.9 Å². The van der Waals surface area contributed by atoms with Crippen LogP contribution < -0.4 is 11.4 Å². The molecule has 32 heavy (non-hydrogen) atoms. The van der Waals surface area contributed by atoms with Crippen LogP contribution in [0.2, 0.25) is 0 Å². The number of halogens is 2. The van der Waals surface area contributed by atoms with E-state index in [4.69, 9.17) is 25.2 Å². The summed E-state index contributed by atoms with van der Waals surface area (Å²) in [7, 11) is -17.2. The predicted octanol–water partition coefficient (Wildman–Crippen LogP) is 0.0870. The lowest BCUT2D eigenvalue weighted by Gasteiger charge is -2.31. The molecule has 0 saturated heterocycles. The van der Waals surface area contributed by atoms with Gasteiger partial charge >= 0.3 is 29.2 Å². The minimum Gasteiger partial charge on any atom is -0.384 e. The Morgan fingerprint density at radius 1 is 1.09 bits per heavy atom. The Kier molecular flexibility index (Phi) is 9.81. The van der Waals surface area contributed by atoms with Crippen molar-refractivity contribution < 1.29 is 65.0 Å². The van der Waals surface area contributed by atoms with Gasteiger partial charge in [-0.3, -0.25) is 9.09 Å². The maximum absolute atomic E-state index is 13.1. The molecule has 1 aromatic rings. The summed E-state index contributed by atoms with van der Waals surface area (Å²) < 4.78 is 77.4. The van der Waals surface area contributed by atoms with E-state index in [0.29, 0.717) is 0 Å². The zero-order valence-corrected chi connectivity index (χ0v) is 18.8. The summed E-state index contributed by atoms with van der Waals surface area (Å²) in [5.74, 6) is -0.163. The Balaban J connectivity index is 3.08. The van der Waals surface area contributed by atoms with Gasteiger partial charge in [0.15, 0.2) is 0 Å². The molecule has 21 heteroatoms. The van der Waals surface area contributed by atoms with E-state index in [9.17, 15) is 37.3 Å². The first kappa shape index (κ1) is 28.9. The zero-order valence-electron chi connectivity index (χ0n) is 16.1. The van der Waals surface area contributed by atoms with Crippen LogP contribution >= 0.6 is 23.5 Å². The fourth-order valence-corrected chi connectivity index (χ4v) is 5.38. The number of ether oxygens (including phenoxy) is 1. The lowest BCUT2D eigenvalue weighted by atomic mass is 10.1. The molecule has 1 rings (SSSR count). The number of hydrogen-bond donors (Lipinski definition) is 6. The van der Waals surface area contributed by atoms with E-state index in [1.807, 2.05) is 0 Å². The number of aliphatic hydroxyl groups is 1. The largest absolute Gasteiger partial charge is 0.490 e. The summed E-state index contributed by atoms with van der Waals surface area (Å²) in [6, 6.07) is 1.16. The number of aromatic nitrogens is 2. The van der Waals surface area contributed by atoms with E-state index in [1.54, 1.807) is 0 Å². The Morgan fingerprint density at radius 3 is 2.12 bits per heavy atom. The number of alkyl halides is 2. The van der Waals surface area contributed by atoms with Gasteiger partial charge in [0.25, 0.3) is 6.43 Å². The summed E-state index contributed by atoms with van der Waals surface area (Å²) in [5.41, 5.74) is 4.35. The number of anilines is 1. The first-order valence-electron chi connectivity index (χ1n) is 8.12. The number of nitrogen functional groups attached to an aromatic ring is 1. The van der Waals surface area contributed by atoms with E-state index >= 15 is 0 Å². The van der Waals surface area contributed by atoms with Crippen LogP contribution in [0.25, 0.3) is 0 Å². The zero-order chi connectivity index (χ0) is 25.1. The highest BCUT2D eigenvalue weighted by molar-refractivity contribution is 7.66. The molecule has 0 spiro atoms. The van der Waals surface area contributed by atoms with Crippen molar-refractivity contribution in [2.24, 2.45) is 0 Å². The topological polar surface area (TPSA) is 250 Å². The van der Waals surface area contributed by atoms with Gasteiger partial charge in [-0.25, -0.2) is 27.3 Å². The fourth-order valence-electron chi connectivity index (χ4n) is 2.18. The number of phosphoric ester groups is 1. The third kappa shape index (κ3) is 9.39. The maximum Gasteiger partial charge on any atom is 0.490 e. The highest BCUT2D eigenvalue weighted by atomic mass is 31.3. The van der Waals surface area contributed by atoms with E-state index < -0.39 is 60.1 Å². The Labute approximate surface area is 178 Å². The number of phosphoric acid groups is 3. The average Bonchev–Trinajstić information content (AvgIpc) is 2.54. The van der Waals surface area contributed by atoms with Gasteiger partial charge < -0.3 is 35.2 Å². The summed E-state index contributed by atoms with van der Waals surface area (Å²) in [4.78, 5) is 50.9. The van der Waals surface area contributed by atoms with Crippen LogP contribution in [0.3, 0.4) is 0 Å². The number of nitrogens with two attached hydrogens (primary N) is 1. The predicted molar refractivity (Wildman–Crippen MR) is 98.9 cm³/mol. The van der Waals surface area contributed by atoms with Crippen LogP contribution in [0.1, 0.15) is 20.1 Å². The van der Waals surface area contributed by atoms with Crippen molar-refractivity contribution >= 4 is 29.3 Å². The van der Waals surface area contributed by atoms with Gasteiger partial charge in [-0.1, -0.05) is 0 Å². The highest BCUT2D eigenvalue weighted by Crippen LogP contribution is 2.66. The normalized spacial score (nSPS) is 20.2. The summed E-state index contributed by atoms with van der Waals surface area (Å²) in [6.45, 7) is 1.97. The molecule has 1 aromatic heterocycles. The van der Waals surface area contributed by atoms with E-state index in [0.717, 1.165) is 30.7 Å². The Morgan fingerprint density at radius 2 is 1.66 bits per heavy atom. The molecular weight excluding hydrogens is 513 g/mol. The third-order valence-electron chi connectivity index (χ3n) is 3.37. The maximum atomic E-state index is 13.1. The standard InChI is InChI=1S/C11H20F2N3O13P3/c1-5(27-31(22,23)29-32(24,25)28-30(19,20)21)9(8(17)10(12)13)26-6(2)16-4-3-7(14)15-11(16)18/h3-6,8-10,17H,1-2H3,(H,22,23)(H,24,25)(H2,14,15,18)(H2,19,20,21). The fraction of sp³-hybridized carbons (Fsp3) is 0.636. The number of nitrogens with zero attached hydrogens (tertiary/aromatic N) is 2. The molecule has 7 N–H and O–H groups in total. The molecule has 186 valence electrons. The first-order valence-corrected chi connectivity index (χ1v) is 12.6. The van der Waals surface area contributed by atoms with Gasteiger partial charge in [0.05, 0.1) is 6.10 Å². The molecule has 0 radical (unpaired) electrons. The van der Waals surface area contributed by atoms with Crippen LogP contribution in [0.4, 0.5) is 14.6 Å². The second-order valence-electron chi connectivity index (χ2n) is 5.97. The van der Waals surface area contributed by atoms with Gasteiger partial charge in [0.1, 0.15) is 24.3 Å². The van der Waals surface area contributed by atoms with Crippen molar-refractivity contribution in [2.45, 2.75) is 44.8 Å². The molecule has 16 nitrogen and oxygen atoms in total. The molecule has 0 aromatic carbocycles. The Bertz CT molecular complexity index is 987. The highest BCUT2D eigenvalue weighted by Gasteiger charge is 2.44. The van der Waals surface area contributed by atoms with Crippen molar-refractivity contribution in [1.82, 2.24) is 9.55 Å². The molecule has 6 atom stereocenters. The SMILES string of the molecule is CC(OP(=O)(O)OP(=O)(O)OP(=O)(O)O)C(OC(C)n1ccc(N)nc1=O)C(O)C(F)F. The molecule has 0 aliphatic carbocycles. The minimum atomic E-state index is -5.87. The van der Waals surface area contributed by atoms with Gasteiger partial charge in [0, 0.05) is 6.20 Å². The van der Waals surface area contributed by atoms with Crippen LogP contribution in [0, 0.1) is 0 Å². The van der Waals surface area contributed by atoms with Crippen molar-refractivity contribution in [2.75, 3.05) is 5.73 Å². The molecule has 0 saturated carbocycles. The quantitative estimate of drug-likeness (QED) is 0.195. The molecule has 1 heterocycles. The summed E-state index contributed by atoms with van der Waals surface area (Å²) in [6.07, 6.45) is -10.6.